The molecule has 1 N–H and O–H groups in total. The lowest BCUT2D eigenvalue weighted by Gasteiger charge is -2.57. The minimum Gasteiger partial charge on any atom is -0.353 e. The molecule has 0 spiro atoms. The maximum absolute atomic E-state index is 13.5. The van der Waals surface area contributed by atoms with Gasteiger partial charge in [0.25, 0.3) is 0 Å². The Labute approximate surface area is 171 Å². The first kappa shape index (κ1) is 18.2. The largest absolute Gasteiger partial charge is 0.353 e. The Bertz CT molecular complexity index is 560. The Morgan fingerprint density at radius 1 is 0.679 bits per heavy atom. The molecule has 0 aromatic rings. The predicted octanol–water partition coefficient (Wildman–Crippen LogP) is 5.04. The number of hydrogen-bond acceptors (Lipinski definition) is 2. The highest BCUT2D eigenvalue weighted by molar-refractivity contribution is 5.83. The molecule has 2 aliphatic heterocycles. The molecule has 7 rings (SSSR count). The summed E-state index contributed by atoms with van der Waals surface area (Å²) < 4.78 is 0. The number of nitrogens with zero attached hydrogens (tertiary/aromatic N) is 1. The van der Waals surface area contributed by atoms with Crippen molar-refractivity contribution in [3.63, 3.8) is 0 Å². The van der Waals surface area contributed by atoms with Crippen molar-refractivity contribution in [2.24, 2.45) is 23.2 Å². The molecule has 5 aliphatic carbocycles. The van der Waals surface area contributed by atoms with Gasteiger partial charge >= 0.3 is 0 Å². The summed E-state index contributed by atoms with van der Waals surface area (Å²) in [6.45, 7) is 0. The Morgan fingerprint density at radius 2 is 1.21 bits per heavy atom. The van der Waals surface area contributed by atoms with Crippen LogP contribution in [0.1, 0.15) is 103 Å². The number of amides is 1. The van der Waals surface area contributed by atoms with E-state index < -0.39 is 0 Å². The van der Waals surface area contributed by atoms with Crippen LogP contribution >= 0.6 is 0 Å². The molecule has 1 amide bonds. The Balaban J connectivity index is 1.13. The van der Waals surface area contributed by atoms with Gasteiger partial charge in [0.05, 0.1) is 0 Å². The summed E-state index contributed by atoms with van der Waals surface area (Å²) in [4.78, 5) is 16.5. The van der Waals surface area contributed by atoms with Crippen molar-refractivity contribution in [1.82, 2.24) is 10.2 Å². The molecule has 2 atom stereocenters. The van der Waals surface area contributed by atoms with Gasteiger partial charge in [-0.2, -0.15) is 0 Å². The molecule has 156 valence electrons. The van der Waals surface area contributed by atoms with E-state index >= 15 is 0 Å². The predicted molar refractivity (Wildman–Crippen MR) is 112 cm³/mol. The van der Waals surface area contributed by atoms with E-state index in [2.05, 4.69) is 10.2 Å². The van der Waals surface area contributed by atoms with Crippen LogP contribution in [0.15, 0.2) is 0 Å². The number of piperidine rings is 2. The third kappa shape index (κ3) is 3.06. The number of rotatable bonds is 3. The van der Waals surface area contributed by atoms with E-state index in [4.69, 9.17) is 0 Å². The van der Waals surface area contributed by atoms with E-state index in [9.17, 15) is 4.79 Å². The molecule has 0 aromatic carbocycles. The first-order valence-electron chi connectivity index (χ1n) is 12.8. The highest BCUT2D eigenvalue weighted by Crippen LogP contribution is 2.60. The van der Waals surface area contributed by atoms with Gasteiger partial charge in [-0.15, -0.1) is 0 Å². The zero-order chi connectivity index (χ0) is 18.7. The molecule has 5 saturated carbocycles. The van der Waals surface area contributed by atoms with Crippen molar-refractivity contribution < 1.29 is 4.79 Å². The summed E-state index contributed by atoms with van der Waals surface area (Å²) in [7, 11) is 0. The maximum atomic E-state index is 13.5. The Morgan fingerprint density at radius 3 is 1.79 bits per heavy atom. The van der Waals surface area contributed by atoms with E-state index in [1.165, 1.54) is 103 Å². The SMILES string of the molecule is O=C(NC1CC2CCCC(C1)N2C1CCCCC1)C12CC3CC(CC(C3)C1)C2. The fourth-order valence-corrected chi connectivity index (χ4v) is 9.24. The highest BCUT2D eigenvalue weighted by Gasteiger charge is 2.55. The molecule has 3 heteroatoms. The van der Waals surface area contributed by atoms with Crippen LogP contribution in [0.3, 0.4) is 0 Å². The van der Waals surface area contributed by atoms with Crippen LogP contribution in [-0.2, 0) is 4.79 Å². The standard InChI is InChI=1S/C25H40N2O/c28-24(25-14-17-9-18(15-25)11-19(10-17)16-25)26-20-12-22-7-4-8-23(13-20)27(22)21-5-2-1-3-6-21/h17-23H,1-16H2,(H,26,28). The summed E-state index contributed by atoms with van der Waals surface area (Å²) in [6, 6.07) is 2.80. The van der Waals surface area contributed by atoms with Crippen LogP contribution in [0.25, 0.3) is 0 Å². The number of hydrogen-bond donors (Lipinski definition) is 1. The average Bonchev–Trinajstić information content (AvgIpc) is 2.67. The third-order valence-electron chi connectivity index (χ3n) is 9.88. The minimum absolute atomic E-state index is 0.0321. The first-order valence-corrected chi connectivity index (χ1v) is 12.8. The summed E-state index contributed by atoms with van der Waals surface area (Å²) in [6.07, 6.45) is 21.7. The Kier molecular flexibility index (Phi) is 4.55. The van der Waals surface area contributed by atoms with Crippen molar-refractivity contribution in [2.45, 2.75) is 127 Å². The van der Waals surface area contributed by atoms with Gasteiger partial charge in [0, 0.05) is 29.6 Å². The molecule has 7 aliphatic rings. The van der Waals surface area contributed by atoms with Gasteiger partial charge in [0.2, 0.25) is 5.91 Å². The fraction of sp³-hybridized carbons (Fsp3) is 0.960. The molecule has 28 heavy (non-hydrogen) atoms. The van der Waals surface area contributed by atoms with Gasteiger partial charge in [0.1, 0.15) is 0 Å². The number of carbonyl (C=O) groups is 1. The minimum atomic E-state index is 0.0321. The zero-order valence-corrected chi connectivity index (χ0v) is 17.7. The second-order valence-electron chi connectivity index (χ2n) is 11.8. The first-order chi connectivity index (χ1) is 13.7. The molecule has 2 unspecified atom stereocenters. The number of carbonyl (C=O) groups excluding carboxylic acids is 1. The van der Waals surface area contributed by atoms with Crippen molar-refractivity contribution in [2.75, 3.05) is 0 Å². The van der Waals surface area contributed by atoms with Gasteiger partial charge in [-0.1, -0.05) is 25.7 Å². The monoisotopic (exact) mass is 384 g/mol. The van der Waals surface area contributed by atoms with Gasteiger partial charge in [0.15, 0.2) is 0 Å². The van der Waals surface area contributed by atoms with Crippen molar-refractivity contribution in [3.8, 4) is 0 Å². The second kappa shape index (κ2) is 7.00. The molecular weight excluding hydrogens is 344 g/mol. The molecule has 0 aromatic heterocycles. The molecule has 2 heterocycles. The van der Waals surface area contributed by atoms with Crippen molar-refractivity contribution in [3.05, 3.63) is 0 Å². The van der Waals surface area contributed by atoms with E-state index in [0.29, 0.717) is 11.9 Å². The highest BCUT2D eigenvalue weighted by atomic mass is 16.2. The van der Waals surface area contributed by atoms with Crippen LogP contribution in [0.4, 0.5) is 0 Å². The van der Waals surface area contributed by atoms with Crippen LogP contribution in [0.2, 0.25) is 0 Å². The smallest absolute Gasteiger partial charge is 0.226 e. The van der Waals surface area contributed by atoms with Gasteiger partial charge in [-0.25, -0.2) is 0 Å². The maximum Gasteiger partial charge on any atom is 0.226 e. The van der Waals surface area contributed by atoms with E-state index in [1.807, 2.05) is 0 Å². The summed E-state index contributed by atoms with van der Waals surface area (Å²) in [5, 5.41) is 3.66. The fourth-order valence-electron chi connectivity index (χ4n) is 9.24. The van der Waals surface area contributed by atoms with E-state index in [-0.39, 0.29) is 5.41 Å². The summed E-state index contributed by atoms with van der Waals surface area (Å²) in [5.41, 5.74) is 0.0321. The molecule has 0 radical (unpaired) electrons. The number of fused-ring (bicyclic) bond motifs is 2. The van der Waals surface area contributed by atoms with Gasteiger partial charge in [-0.3, -0.25) is 9.69 Å². The average molecular weight is 385 g/mol. The summed E-state index contributed by atoms with van der Waals surface area (Å²) >= 11 is 0. The van der Waals surface area contributed by atoms with Gasteiger partial charge in [-0.05, 0) is 94.8 Å². The van der Waals surface area contributed by atoms with Crippen molar-refractivity contribution >= 4 is 5.91 Å². The van der Waals surface area contributed by atoms with Gasteiger partial charge < -0.3 is 5.32 Å². The van der Waals surface area contributed by atoms with Crippen LogP contribution in [0, 0.1) is 23.2 Å². The molecular formula is C25H40N2O. The van der Waals surface area contributed by atoms with Crippen molar-refractivity contribution in [1.29, 1.82) is 0 Å². The summed E-state index contributed by atoms with van der Waals surface area (Å²) in [5.74, 6) is 3.07. The lowest BCUT2D eigenvalue weighted by Crippen LogP contribution is -2.62. The van der Waals surface area contributed by atoms with Crippen LogP contribution in [-0.4, -0.2) is 35.0 Å². The molecule has 7 fully saturated rings. The molecule has 3 nitrogen and oxygen atoms in total. The van der Waals surface area contributed by atoms with E-state index in [0.717, 1.165) is 35.9 Å². The molecule has 6 bridgehead atoms. The normalized spacial score (nSPS) is 48.6. The third-order valence-corrected chi connectivity index (χ3v) is 9.88. The zero-order valence-electron chi connectivity index (χ0n) is 17.7. The topological polar surface area (TPSA) is 32.3 Å². The Hall–Kier alpha value is -0.570. The lowest BCUT2D eigenvalue weighted by atomic mass is 9.49. The second-order valence-corrected chi connectivity index (χ2v) is 11.8. The van der Waals surface area contributed by atoms with Crippen LogP contribution < -0.4 is 5.32 Å². The quantitative estimate of drug-likeness (QED) is 0.739. The molecule has 2 saturated heterocycles. The number of nitrogens with one attached hydrogen (secondary N) is 1. The van der Waals surface area contributed by atoms with Crippen LogP contribution in [0.5, 0.6) is 0 Å². The van der Waals surface area contributed by atoms with E-state index in [1.54, 1.807) is 0 Å². The lowest BCUT2D eigenvalue weighted by molar-refractivity contribution is -0.148.